The number of anilines is 1. The molecular formula is C14H17N3O. The third kappa shape index (κ3) is 2.97. The molecule has 0 aliphatic heterocycles. The van der Waals surface area contributed by atoms with Gasteiger partial charge in [-0.2, -0.15) is 0 Å². The first-order valence-electron chi connectivity index (χ1n) is 6.04. The summed E-state index contributed by atoms with van der Waals surface area (Å²) in [4.78, 5) is 8.54. The Morgan fingerprint density at radius 3 is 2.78 bits per heavy atom. The van der Waals surface area contributed by atoms with Gasteiger partial charge in [-0.1, -0.05) is 6.92 Å². The molecule has 0 aliphatic carbocycles. The van der Waals surface area contributed by atoms with Crippen molar-refractivity contribution >= 4 is 5.69 Å². The van der Waals surface area contributed by atoms with Crippen molar-refractivity contribution in [3.8, 4) is 17.1 Å². The Hall–Kier alpha value is -2.10. The van der Waals surface area contributed by atoms with E-state index in [1.54, 1.807) is 19.5 Å². The molecular weight excluding hydrogens is 226 g/mol. The third-order valence-electron chi connectivity index (χ3n) is 2.58. The second kappa shape index (κ2) is 6.00. The van der Waals surface area contributed by atoms with Gasteiger partial charge in [-0.25, -0.2) is 4.98 Å². The first kappa shape index (κ1) is 12.4. The van der Waals surface area contributed by atoms with Crippen molar-refractivity contribution in [1.29, 1.82) is 0 Å². The van der Waals surface area contributed by atoms with Crippen molar-refractivity contribution in [3.63, 3.8) is 0 Å². The molecule has 0 bridgehead atoms. The van der Waals surface area contributed by atoms with E-state index in [9.17, 15) is 0 Å². The first-order valence-corrected chi connectivity index (χ1v) is 6.04. The van der Waals surface area contributed by atoms with Gasteiger partial charge in [-0.05, 0) is 24.6 Å². The van der Waals surface area contributed by atoms with Crippen LogP contribution in [0.25, 0.3) is 11.3 Å². The van der Waals surface area contributed by atoms with Crippen molar-refractivity contribution in [2.75, 3.05) is 19.0 Å². The van der Waals surface area contributed by atoms with Crippen LogP contribution in [-0.2, 0) is 0 Å². The molecule has 0 radical (unpaired) electrons. The zero-order chi connectivity index (χ0) is 12.8. The van der Waals surface area contributed by atoms with E-state index in [2.05, 4.69) is 22.2 Å². The molecule has 4 nitrogen and oxygen atoms in total. The third-order valence-corrected chi connectivity index (χ3v) is 2.58. The van der Waals surface area contributed by atoms with Gasteiger partial charge in [0, 0.05) is 36.3 Å². The summed E-state index contributed by atoms with van der Waals surface area (Å²) in [7, 11) is 1.61. The minimum Gasteiger partial charge on any atom is -0.481 e. The fourth-order valence-electron chi connectivity index (χ4n) is 1.62. The Balaban J connectivity index is 2.20. The van der Waals surface area contributed by atoms with Crippen LogP contribution in [0.3, 0.4) is 0 Å². The molecule has 18 heavy (non-hydrogen) atoms. The standard InChI is InChI=1S/C14H17N3O/c1-3-7-15-12-6-8-16-13(9-12)11-4-5-14(18-2)17-10-11/h4-6,8-10H,3,7H2,1-2H3,(H,15,16). The average molecular weight is 243 g/mol. The van der Waals surface area contributed by atoms with E-state index in [-0.39, 0.29) is 0 Å². The summed E-state index contributed by atoms with van der Waals surface area (Å²) in [5, 5.41) is 3.34. The van der Waals surface area contributed by atoms with Crippen LogP contribution in [0.4, 0.5) is 5.69 Å². The topological polar surface area (TPSA) is 47.0 Å². The van der Waals surface area contributed by atoms with E-state index in [0.29, 0.717) is 5.88 Å². The SMILES string of the molecule is CCCNc1ccnc(-c2ccc(OC)nc2)c1. The Kier molecular flexibility index (Phi) is 4.12. The van der Waals surface area contributed by atoms with Gasteiger partial charge in [-0.15, -0.1) is 0 Å². The lowest BCUT2D eigenvalue weighted by molar-refractivity contribution is 0.398. The van der Waals surface area contributed by atoms with Crippen molar-refractivity contribution in [2.24, 2.45) is 0 Å². The number of nitrogens with one attached hydrogen (secondary N) is 1. The highest BCUT2D eigenvalue weighted by Crippen LogP contribution is 2.20. The summed E-state index contributed by atoms with van der Waals surface area (Å²) in [6, 6.07) is 7.79. The number of hydrogen-bond donors (Lipinski definition) is 1. The van der Waals surface area contributed by atoms with Gasteiger partial charge < -0.3 is 10.1 Å². The van der Waals surface area contributed by atoms with E-state index >= 15 is 0 Å². The molecule has 0 aromatic carbocycles. The zero-order valence-electron chi connectivity index (χ0n) is 10.7. The molecule has 1 N–H and O–H groups in total. The second-order valence-corrected chi connectivity index (χ2v) is 3.95. The smallest absolute Gasteiger partial charge is 0.212 e. The van der Waals surface area contributed by atoms with E-state index in [0.717, 1.165) is 29.9 Å². The van der Waals surface area contributed by atoms with E-state index in [1.165, 1.54) is 0 Å². The largest absolute Gasteiger partial charge is 0.481 e. The van der Waals surface area contributed by atoms with Gasteiger partial charge in [-0.3, -0.25) is 4.98 Å². The molecule has 0 fully saturated rings. The van der Waals surface area contributed by atoms with Crippen LogP contribution >= 0.6 is 0 Å². The predicted octanol–water partition coefficient (Wildman–Crippen LogP) is 2.97. The van der Waals surface area contributed by atoms with Gasteiger partial charge in [0.05, 0.1) is 12.8 Å². The fourth-order valence-corrected chi connectivity index (χ4v) is 1.62. The maximum Gasteiger partial charge on any atom is 0.212 e. The van der Waals surface area contributed by atoms with Gasteiger partial charge in [0.15, 0.2) is 0 Å². The summed E-state index contributed by atoms with van der Waals surface area (Å²) in [5.41, 5.74) is 2.97. The van der Waals surface area contributed by atoms with Crippen LogP contribution in [-0.4, -0.2) is 23.6 Å². The maximum atomic E-state index is 5.04. The molecule has 0 aliphatic rings. The monoisotopic (exact) mass is 243 g/mol. The predicted molar refractivity (Wildman–Crippen MR) is 72.8 cm³/mol. The molecule has 0 unspecified atom stereocenters. The van der Waals surface area contributed by atoms with Crippen LogP contribution in [0.2, 0.25) is 0 Å². The molecule has 94 valence electrons. The highest BCUT2D eigenvalue weighted by atomic mass is 16.5. The molecule has 2 heterocycles. The number of aromatic nitrogens is 2. The van der Waals surface area contributed by atoms with Crippen molar-refractivity contribution in [2.45, 2.75) is 13.3 Å². The average Bonchev–Trinajstić information content (AvgIpc) is 2.45. The summed E-state index contributed by atoms with van der Waals surface area (Å²) in [6.07, 6.45) is 4.67. The highest BCUT2D eigenvalue weighted by molar-refractivity contribution is 5.63. The number of ether oxygens (including phenoxy) is 1. The zero-order valence-corrected chi connectivity index (χ0v) is 10.7. The molecule has 0 saturated heterocycles. The molecule has 0 amide bonds. The number of pyridine rings is 2. The lowest BCUT2D eigenvalue weighted by Gasteiger charge is -2.07. The number of methoxy groups -OCH3 is 1. The van der Waals surface area contributed by atoms with Crippen LogP contribution < -0.4 is 10.1 Å². The molecule has 0 saturated carbocycles. The Labute approximate surface area is 107 Å². The molecule has 2 rings (SSSR count). The van der Waals surface area contributed by atoms with Crippen molar-refractivity contribution < 1.29 is 4.74 Å². The molecule has 2 aromatic heterocycles. The van der Waals surface area contributed by atoms with Crippen LogP contribution in [0, 0.1) is 0 Å². The fraction of sp³-hybridized carbons (Fsp3) is 0.286. The Bertz CT molecular complexity index is 497. The van der Waals surface area contributed by atoms with Crippen LogP contribution in [0.1, 0.15) is 13.3 Å². The van der Waals surface area contributed by atoms with E-state index in [1.807, 2.05) is 24.3 Å². The van der Waals surface area contributed by atoms with Gasteiger partial charge in [0.2, 0.25) is 5.88 Å². The number of rotatable bonds is 5. The number of hydrogen-bond acceptors (Lipinski definition) is 4. The maximum absolute atomic E-state index is 5.04. The van der Waals surface area contributed by atoms with Crippen LogP contribution in [0.15, 0.2) is 36.7 Å². The summed E-state index contributed by atoms with van der Waals surface area (Å²) in [6.45, 7) is 3.10. The van der Waals surface area contributed by atoms with Crippen LogP contribution in [0.5, 0.6) is 5.88 Å². The minimum absolute atomic E-state index is 0.610. The van der Waals surface area contributed by atoms with Crippen molar-refractivity contribution in [3.05, 3.63) is 36.7 Å². The highest BCUT2D eigenvalue weighted by Gasteiger charge is 2.02. The van der Waals surface area contributed by atoms with E-state index in [4.69, 9.17) is 4.74 Å². The molecule has 0 atom stereocenters. The van der Waals surface area contributed by atoms with Crippen molar-refractivity contribution in [1.82, 2.24) is 9.97 Å². The summed E-state index contributed by atoms with van der Waals surface area (Å²) in [5.74, 6) is 0.610. The molecule has 0 spiro atoms. The van der Waals surface area contributed by atoms with Gasteiger partial charge in [0.1, 0.15) is 0 Å². The molecule has 4 heteroatoms. The van der Waals surface area contributed by atoms with Gasteiger partial charge in [0.25, 0.3) is 0 Å². The van der Waals surface area contributed by atoms with Gasteiger partial charge >= 0.3 is 0 Å². The molecule has 2 aromatic rings. The lowest BCUT2D eigenvalue weighted by Crippen LogP contribution is -2.00. The Morgan fingerprint density at radius 1 is 1.22 bits per heavy atom. The second-order valence-electron chi connectivity index (χ2n) is 3.95. The normalized spacial score (nSPS) is 10.1. The lowest BCUT2D eigenvalue weighted by atomic mass is 10.2. The summed E-state index contributed by atoms with van der Waals surface area (Å²) < 4.78 is 5.04. The first-order chi connectivity index (χ1) is 8.83. The number of nitrogens with zero attached hydrogens (tertiary/aromatic N) is 2. The minimum atomic E-state index is 0.610. The van der Waals surface area contributed by atoms with E-state index < -0.39 is 0 Å². The quantitative estimate of drug-likeness (QED) is 0.877. The Morgan fingerprint density at radius 2 is 2.11 bits per heavy atom. The summed E-state index contributed by atoms with van der Waals surface area (Å²) >= 11 is 0.